The number of halogens is 1. The number of aryl methyl sites for hydroxylation is 1. The Hall–Kier alpha value is -0.930. The summed E-state index contributed by atoms with van der Waals surface area (Å²) in [6, 6.07) is 3.92. The minimum Gasteiger partial charge on any atom is -0.493 e. The lowest BCUT2D eigenvalue weighted by atomic mass is 9.94. The van der Waals surface area contributed by atoms with E-state index < -0.39 is 0 Å². The molecule has 3 unspecified atom stereocenters. The van der Waals surface area contributed by atoms with Gasteiger partial charge in [-0.15, -0.1) is 11.6 Å². The number of alkyl halides is 1. The molecule has 0 bridgehead atoms. The number of hydrogen-bond acceptors (Lipinski definition) is 3. The second-order valence-electron chi connectivity index (χ2n) is 5.07. The minimum atomic E-state index is -0.155. The van der Waals surface area contributed by atoms with Gasteiger partial charge < -0.3 is 14.2 Å². The lowest BCUT2D eigenvalue weighted by Gasteiger charge is -2.23. The van der Waals surface area contributed by atoms with Gasteiger partial charge in [-0.05, 0) is 42.5 Å². The summed E-state index contributed by atoms with van der Waals surface area (Å²) in [7, 11) is 3.27. The van der Waals surface area contributed by atoms with E-state index in [2.05, 4.69) is 6.92 Å². The monoisotopic (exact) mass is 284 g/mol. The molecule has 2 rings (SSSR count). The van der Waals surface area contributed by atoms with Gasteiger partial charge in [0.15, 0.2) is 11.5 Å². The van der Waals surface area contributed by atoms with E-state index in [0.717, 1.165) is 29.9 Å². The molecule has 3 atom stereocenters. The maximum atomic E-state index is 6.62. The largest absolute Gasteiger partial charge is 0.493 e. The zero-order valence-corrected chi connectivity index (χ0v) is 12.7. The summed E-state index contributed by atoms with van der Waals surface area (Å²) in [5.41, 5.74) is 2.15. The van der Waals surface area contributed by atoms with Gasteiger partial charge in [0.2, 0.25) is 0 Å². The maximum absolute atomic E-state index is 6.62. The molecule has 1 aliphatic heterocycles. The zero-order valence-electron chi connectivity index (χ0n) is 11.9. The first kappa shape index (κ1) is 14.5. The number of ether oxygens (including phenoxy) is 3. The van der Waals surface area contributed by atoms with Crippen LogP contribution in [0.5, 0.6) is 11.5 Å². The first-order chi connectivity index (χ1) is 9.08. The van der Waals surface area contributed by atoms with Crippen molar-refractivity contribution < 1.29 is 14.2 Å². The van der Waals surface area contributed by atoms with E-state index in [0.29, 0.717) is 11.7 Å². The second kappa shape index (κ2) is 6.02. The molecule has 0 amide bonds. The summed E-state index contributed by atoms with van der Waals surface area (Å²) in [5.74, 6) is 1.92. The molecule has 106 valence electrons. The van der Waals surface area contributed by atoms with E-state index >= 15 is 0 Å². The molecule has 19 heavy (non-hydrogen) atoms. The third-order valence-corrected chi connectivity index (χ3v) is 4.29. The van der Waals surface area contributed by atoms with Gasteiger partial charge in [-0.3, -0.25) is 0 Å². The van der Waals surface area contributed by atoms with Crippen LogP contribution in [0.25, 0.3) is 0 Å². The molecule has 0 radical (unpaired) electrons. The van der Waals surface area contributed by atoms with Crippen LogP contribution < -0.4 is 9.47 Å². The third kappa shape index (κ3) is 2.82. The van der Waals surface area contributed by atoms with Crippen LogP contribution in [-0.2, 0) is 4.74 Å². The van der Waals surface area contributed by atoms with Gasteiger partial charge in [-0.2, -0.15) is 0 Å². The highest BCUT2D eigenvalue weighted by Crippen LogP contribution is 2.40. The fraction of sp³-hybridized carbons (Fsp3) is 0.600. The first-order valence-corrected chi connectivity index (χ1v) is 7.00. The van der Waals surface area contributed by atoms with Crippen molar-refractivity contribution in [3.63, 3.8) is 0 Å². The van der Waals surface area contributed by atoms with Crippen molar-refractivity contribution in [2.45, 2.75) is 31.7 Å². The fourth-order valence-corrected chi connectivity index (χ4v) is 3.12. The highest BCUT2D eigenvalue weighted by atomic mass is 35.5. The van der Waals surface area contributed by atoms with Crippen molar-refractivity contribution in [1.29, 1.82) is 0 Å². The summed E-state index contributed by atoms with van der Waals surface area (Å²) >= 11 is 6.62. The van der Waals surface area contributed by atoms with Gasteiger partial charge in [-0.1, -0.05) is 6.92 Å². The Labute approximate surface area is 119 Å². The number of hydrogen-bond donors (Lipinski definition) is 0. The standard InChI is InChI=1S/C15H21ClO3/c1-9-5-6-19-15(9)14(16)11-8-13(18-4)12(17-3)7-10(11)2/h7-9,14-15H,5-6H2,1-4H3. The van der Waals surface area contributed by atoms with Gasteiger partial charge in [0, 0.05) is 6.61 Å². The van der Waals surface area contributed by atoms with Crippen LogP contribution in [0.4, 0.5) is 0 Å². The summed E-state index contributed by atoms with van der Waals surface area (Å²) in [4.78, 5) is 0. The number of rotatable bonds is 4. The van der Waals surface area contributed by atoms with E-state index in [1.54, 1.807) is 14.2 Å². The summed E-state index contributed by atoms with van der Waals surface area (Å²) in [6.07, 6.45) is 1.14. The van der Waals surface area contributed by atoms with Crippen LogP contribution in [0.1, 0.15) is 29.8 Å². The lowest BCUT2D eigenvalue weighted by molar-refractivity contribution is 0.0901. The molecule has 1 aromatic rings. The Bertz CT molecular complexity index is 447. The zero-order chi connectivity index (χ0) is 14.0. The fourth-order valence-electron chi connectivity index (χ4n) is 2.56. The third-order valence-electron chi connectivity index (χ3n) is 3.80. The molecule has 3 nitrogen and oxygen atoms in total. The van der Waals surface area contributed by atoms with Gasteiger partial charge in [0.05, 0.1) is 25.7 Å². The summed E-state index contributed by atoms with van der Waals surface area (Å²) in [6.45, 7) is 5.01. The smallest absolute Gasteiger partial charge is 0.161 e. The predicted molar refractivity (Wildman–Crippen MR) is 76.4 cm³/mol. The Kier molecular flexibility index (Phi) is 4.58. The quantitative estimate of drug-likeness (QED) is 0.789. The van der Waals surface area contributed by atoms with E-state index in [-0.39, 0.29) is 11.5 Å². The molecule has 0 aliphatic carbocycles. The normalized spacial score (nSPS) is 24.3. The van der Waals surface area contributed by atoms with Crippen molar-refractivity contribution in [2.24, 2.45) is 5.92 Å². The van der Waals surface area contributed by atoms with Crippen LogP contribution in [0.2, 0.25) is 0 Å². The SMILES string of the molecule is COc1cc(C)c(C(Cl)C2OCCC2C)cc1OC. The highest BCUT2D eigenvalue weighted by molar-refractivity contribution is 6.21. The predicted octanol–water partition coefficient (Wildman–Crippen LogP) is 3.72. The van der Waals surface area contributed by atoms with Crippen molar-refractivity contribution in [3.05, 3.63) is 23.3 Å². The van der Waals surface area contributed by atoms with Crippen LogP contribution in [0, 0.1) is 12.8 Å². The van der Waals surface area contributed by atoms with Crippen LogP contribution in [0.15, 0.2) is 12.1 Å². The summed E-state index contributed by atoms with van der Waals surface area (Å²) < 4.78 is 16.4. The molecular weight excluding hydrogens is 264 g/mol. The average Bonchev–Trinajstić information content (AvgIpc) is 2.83. The van der Waals surface area contributed by atoms with Gasteiger partial charge >= 0.3 is 0 Å². The van der Waals surface area contributed by atoms with Crippen molar-refractivity contribution in [2.75, 3.05) is 20.8 Å². The van der Waals surface area contributed by atoms with Gasteiger partial charge in [-0.25, -0.2) is 0 Å². The number of benzene rings is 1. The summed E-state index contributed by atoms with van der Waals surface area (Å²) in [5, 5.41) is -0.155. The molecule has 1 aliphatic rings. The molecule has 1 fully saturated rings. The van der Waals surface area contributed by atoms with Gasteiger partial charge in [0.1, 0.15) is 0 Å². The van der Waals surface area contributed by atoms with Crippen molar-refractivity contribution in [1.82, 2.24) is 0 Å². The average molecular weight is 285 g/mol. The highest BCUT2D eigenvalue weighted by Gasteiger charge is 2.33. The first-order valence-electron chi connectivity index (χ1n) is 6.56. The van der Waals surface area contributed by atoms with Crippen LogP contribution in [0.3, 0.4) is 0 Å². The van der Waals surface area contributed by atoms with Crippen molar-refractivity contribution >= 4 is 11.6 Å². The Morgan fingerprint density at radius 3 is 2.42 bits per heavy atom. The minimum absolute atomic E-state index is 0.0680. The molecule has 1 aromatic carbocycles. The topological polar surface area (TPSA) is 27.7 Å². The van der Waals surface area contributed by atoms with E-state index in [1.165, 1.54) is 0 Å². The Balaban J connectivity index is 2.33. The van der Waals surface area contributed by atoms with E-state index in [9.17, 15) is 0 Å². The maximum Gasteiger partial charge on any atom is 0.161 e. The molecule has 0 aromatic heterocycles. The van der Waals surface area contributed by atoms with Crippen LogP contribution in [-0.4, -0.2) is 26.9 Å². The van der Waals surface area contributed by atoms with E-state index in [4.69, 9.17) is 25.8 Å². The molecule has 4 heteroatoms. The molecule has 1 heterocycles. The molecule has 0 saturated carbocycles. The Morgan fingerprint density at radius 1 is 1.26 bits per heavy atom. The molecule has 0 spiro atoms. The van der Waals surface area contributed by atoms with E-state index in [1.807, 2.05) is 19.1 Å². The Morgan fingerprint density at radius 2 is 1.89 bits per heavy atom. The lowest BCUT2D eigenvalue weighted by Crippen LogP contribution is -2.20. The van der Waals surface area contributed by atoms with Crippen molar-refractivity contribution in [3.8, 4) is 11.5 Å². The molecule has 1 saturated heterocycles. The molecule has 0 N–H and O–H groups in total. The molecular formula is C15H21ClO3. The number of methoxy groups -OCH3 is 2. The second-order valence-corrected chi connectivity index (χ2v) is 5.54. The van der Waals surface area contributed by atoms with Gasteiger partial charge in [0.25, 0.3) is 0 Å². The van der Waals surface area contributed by atoms with Crippen LogP contribution >= 0.6 is 11.6 Å².